The van der Waals surface area contributed by atoms with Gasteiger partial charge in [-0.25, -0.2) is 4.98 Å². The predicted octanol–water partition coefficient (Wildman–Crippen LogP) is 4.81. The highest BCUT2D eigenvalue weighted by Crippen LogP contribution is 2.21. The summed E-state index contributed by atoms with van der Waals surface area (Å²) < 4.78 is 3.56. The van der Waals surface area contributed by atoms with Crippen molar-refractivity contribution < 1.29 is 0 Å². The Morgan fingerprint density at radius 1 is 0.935 bits per heavy atom. The maximum absolute atomic E-state index is 13.6. The molecule has 0 fully saturated rings. The molecule has 0 spiro atoms. The highest BCUT2D eigenvalue weighted by Gasteiger charge is 2.21. The Hall–Kier alpha value is -2.85. The van der Waals surface area contributed by atoms with E-state index in [1.807, 2.05) is 72.8 Å². The van der Waals surface area contributed by atoms with Crippen molar-refractivity contribution in [1.29, 1.82) is 0 Å². The van der Waals surface area contributed by atoms with Gasteiger partial charge in [0.2, 0.25) is 0 Å². The van der Waals surface area contributed by atoms with E-state index < -0.39 is 0 Å². The van der Waals surface area contributed by atoms with Crippen molar-refractivity contribution in [3.63, 3.8) is 0 Å². The number of hydrogen-bond donors (Lipinski definition) is 0. The van der Waals surface area contributed by atoms with E-state index in [9.17, 15) is 4.79 Å². The molecule has 4 aromatic rings. The van der Waals surface area contributed by atoms with Crippen molar-refractivity contribution in [3.05, 3.63) is 96.8 Å². The fraction of sp³-hybridized carbons (Fsp3) is 0.0435. The van der Waals surface area contributed by atoms with Crippen LogP contribution < -0.4 is 10.6 Å². The van der Waals surface area contributed by atoms with Crippen molar-refractivity contribution in [2.24, 2.45) is 10.2 Å². The monoisotopic (exact) mass is 583 g/mol. The minimum absolute atomic E-state index is 0.147. The van der Waals surface area contributed by atoms with Gasteiger partial charge in [0.15, 0.2) is 5.82 Å². The van der Waals surface area contributed by atoms with Gasteiger partial charge in [-0.15, -0.1) is 5.10 Å². The molecule has 1 aliphatic heterocycles. The third-order valence-electron chi connectivity index (χ3n) is 4.95. The Kier molecular flexibility index (Phi) is 5.41. The summed E-state index contributed by atoms with van der Waals surface area (Å²) in [6, 6.07) is 23.3. The molecule has 0 N–H and O–H groups in total. The zero-order valence-corrected chi connectivity index (χ0v) is 19.9. The van der Waals surface area contributed by atoms with Crippen LogP contribution in [0.2, 0.25) is 0 Å². The Morgan fingerprint density at radius 3 is 2.48 bits per heavy atom. The number of fused-ring (bicyclic) bond motifs is 1. The van der Waals surface area contributed by atoms with Crippen LogP contribution in [0.3, 0.4) is 0 Å². The third kappa shape index (κ3) is 3.92. The average Bonchev–Trinajstić information content (AvgIpc) is 2.80. The highest BCUT2D eigenvalue weighted by atomic mass is 127. The van der Waals surface area contributed by atoms with Crippen LogP contribution in [0.4, 0.5) is 0 Å². The number of nitrogens with zero attached hydrogens (tertiary/aromatic N) is 5. The van der Waals surface area contributed by atoms with E-state index in [1.165, 1.54) is 0 Å². The van der Waals surface area contributed by atoms with Gasteiger partial charge in [0.1, 0.15) is 6.34 Å². The first-order chi connectivity index (χ1) is 15.1. The van der Waals surface area contributed by atoms with E-state index in [-0.39, 0.29) is 5.56 Å². The van der Waals surface area contributed by atoms with Gasteiger partial charge in [0.05, 0.1) is 23.2 Å². The Bertz CT molecular complexity index is 1400. The molecule has 8 heteroatoms. The fourth-order valence-electron chi connectivity index (χ4n) is 3.46. The fourth-order valence-corrected chi connectivity index (χ4v) is 4.21. The summed E-state index contributed by atoms with van der Waals surface area (Å²) in [5, 5.41) is 10.8. The van der Waals surface area contributed by atoms with Crippen LogP contribution >= 0.6 is 38.5 Å². The maximum atomic E-state index is 13.6. The lowest BCUT2D eigenvalue weighted by Gasteiger charge is -2.26. The third-order valence-corrected chi connectivity index (χ3v) is 6.15. The van der Waals surface area contributed by atoms with E-state index in [2.05, 4.69) is 48.7 Å². The molecule has 0 bridgehead atoms. The second kappa shape index (κ2) is 8.35. The molecular weight excluding hydrogens is 569 g/mol. The molecule has 0 radical (unpaired) electrons. The number of aromatic nitrogens is 2. The summed E-state index contributed by atoms with van der Waals surface area (Å²) >= 11 is 5.66. The minimum Gasteiger partial charge on any atom is -0.267 e. The quantitative estimate of drug-likeness (QED) is 0.325. The molecule has 0 saturated heterocycles. The van der Waals surface area contributed by atoms with E-state index >= 15 is 0 Å². The zero-order valence-electron chi connectivity index (χ0n) is 16.1. The Labute approximate surface area is 200 Å². The standard InChI is InChI=1S/C23H15BrIN5O/c24-17-8-6-15(7-9-17)21-13-29(14-26-28-21)30-22(16-4-2-1-3-5-16)27-20-11-10-18(25)12-19(20)23(30)31/h1-12,14H,13H2. The Balaban J connectivity index is 1.67. The maximum Gasteiger partial charge on any atom is 0.280 e. The van der Waals surface area contributed by atoms with Crippen LogP contribution in [0, 0.1) is 3.57 Å². The molecule has 1 aromatic heterocycles. The van der Waals surface area contributed by atoms with E-state index in [1.54, 1.807) is 16.0 Å². The number of rotatable bonds is 3. The normalized spacial score (nSPS) is 13.5. The van der Waals surface area contributed by atoms with Gasteiger partial charge < -0.3 is 0 Å². The van der Waals surface area contributed by atoms with Gasteiger partial charge in [0, 0.05) is 13.6 Å². The van der Waals surface area contributed by atoms with Crippen molar-refractivity contribution in [1.82, 2.24) is 9.66 Å². The molecule has 31 heavy (non-hydrogen) atoms. The van der Waals surface area contributed by atoms with Crippen LogP contribution in [0.1, 0.15) is 5.56 Å². The molecule has 152 valence electrons. The summed E-state index contributed by atoms with van der Waals surface area (Å²) in [6.45, 7) is 0.391. The first kappa shape index (κ1) is 20.1. The molecular formula is C23H15BrIN5O. The van der Waals surface area contributed by atoms with Gasteiger partial charge in [-0.1, -0.05) is 58.4 Å². The predicted molar refractivity (Wildman–Crippen MR) is 136 cm³/mol. The van der Waals surface area contributed by atoms with Gasteiger partial charge in [-0.3, -0.25) is 9.80 Å². The van der Waals surface area contributed by atoms with Crippen molar-refractivity contribution >= 4 is 61.5 Å². The van der Waals surface area contributed by atoms with Gasteiger partial charge >= 0.3 is 0 Å². The lowest BCUT2D eigenvalue weighted by atomic mass is 10.1. The van der Waals surface area contributed by atoms with E-state index in [4.69, 9.17) is 4.98 Å². The van der Waals surface area contributed by atoms with Crippen molar-refractivity contribution in [2.75, 3.05) is 11.6 Å². The van der Waals surface area contributed by atoms with E-state index in [0.717, 1.165) is 24.9 Å². The zero-order chi connectivity index (χ0) is 21.4. The molecule has 5 rings (SSSR count). The van der Waals surface area contributed by atoms with Crippen LogP contribution in [0.25, 0.3) is 22.3 Å². The lowest BCUT2D eigenvalue weighted by molar-refractivity contribution is 0.736. The second-order valence-electron chi connectivity index (χ2n) is 6.96. The van der Waals surface area contributed by atoms with Crippen molar-refractivity contribution in [3.8, 4) is 11.4 Å². The van der Waals surface area contributed by atoms with Crippen LogP contribution in [0.5, 0.6) is 0 Å². The van der Waals surface area contributed by atoms with Crippen molar-refractivity contribution in [2.45, 2.75) is 0 Å². The number of hydrogen-bond acceptors (Lipinski definition) is 5. The van der Waals surface area contributed by atoms with Crippen LogP contribution in [-0.2, 0) is 0 Å². The largest absolute Gasteiger partial charge is 0.280 e. The molecule has 6 nitrogen and oxygen atoms in total. The lowest BCUT2D eigenvalue weighted by Crippen LogP contribution is -2.47. The topological polar surface area (TPSA) is 62.9 Å². The number of benzene rings is 3. The average molecular weight is 584 g/mol. The van der Waals surface area contributed by atoms with Gasteiger partial charge in [-0.05, 0) is 58.5 Å². The first-order valence-electron chi connectivity index (χ1n) is 9.51. The highest BCUT2D eigenvalue weighted by molar-refractivity contribution is 14.1. The van der Waals surface area contributed by atoms with E-state index in [0.29, 0.717) is 23.3 Å². The molecule has 0 unspecified atom stereocenters. The van der Waals surface area contributed by atoms with Crippen LogP contribution in [-0.4, -0.2) is 28.3 Å². The second-order valence-corrected chi connectivity index (χ2v) is 9.12. The molecule has 3 aromatic carbocycles. The molecule has 0 atom stereocenters. The summed E-state index contributed by atoms with van der Waals surface area (Å²) in [5.74, 6) is 0.558. The summed E-state index contributed by atoms with van der Waals surface area (Å²) in [5.41, 5.74) is 3.08. The molecule has 0 amide bonds. The molecule has 2 heterocycles. The Morgan fingerprint density at radius 2 is 1.71 bits per heavy atom. The van der Waals surface area contributed by atoms with Gasteiger partial charge in [0.25, 0.3) is 5.56 Å². The molecule has 0 aliphatic carbocycles. The first-order valence-corrected chi connectivity index (χ1v) is 11.4. The number of halogens is 2. The summed E-state index contributed by atoms with van der Waals surface area (Å²) in [7, 11) is 0. The molecule has 1 aliphatic rings. The summed E-state index contributed by atoms with van der Waals surface area (Å²) in [4.78, 5) is 18.5. The smallest absolute Gasteiger partial charge is 0.267 e. The van der Waals surface area contributed by atoms with Crippen LogP contribution in [0.15, 0.2) is 92.3 Å². The summed E-state index contributed by atoms with van der Waals surface area (Å²) in [6.07, 6.45) is 1.57. The van der Waals surface area contributed by atoms with Gasteiger partial charge in [-0.2, -0.15) is 9.78 Å². The SMILES string of the molecule is O=c1c2cc(I)ccc2nc(-c2ccccc2)n1N1C=NN=C(c2ccc(Br)cc2)C1. The molecule has 0 saturated carbocycles. The minimum atomic E-state index is -0.147.